The third-order valence-corrected chi connectivity index (χ3v) is 4.85. The van der Waals surface area contributed by atoms with Crippen LogP contribution in [0.25, 0.3) is 0 Å². The zero-order valence-corrected chi connectivity index (χ0v) is 16.0. The Kier molecular flexibility index (Phi) is 5.51. The maximum absolute atomic E-state index is 5.49. The largest absolute Gasteiger partial charge is 0.495 e. The predicted molar refractivity (Wildman–Crippen MR) is 111 cm³/mol. The minimum Gasteiger partial charge on any atom is -0.495 e. The minimum absolute atomic E-state index is 0.665. The van der Waals surface area contributed by atoms with Gasteiger partial charge in [-0.3, -0.25) is 0 Å². The molecule has 1 aliphatic rings. The molecule has 0 radical (unpaired) electrons. The van der Waals surface area contributed by atoms with Crippen molar-refractivity contribution in [2.75, 3.05) is 48.4 Å². The monoisotopic (exact) mass is 376 g/mol. The summed E-state index contributed by atoms with van der Waals surface area (Å²) < 4.78 is 5.49. The number of piperazine rings is 1. The molecule has 3 aromatic rings. The van der Waals surface area contributed by atoms with Crippen LogP contribution in [-0.2, 0) is 6.54 Å². The molecule has 0 amide bonds. The number of ether oxygens (including phenoxy) is 1. The standard InChI is InChI=1S/C21H24N6O/c1-28-19-10-6-5-9-18(19)26-11-13-27(14-12-26)21-24-20(16-23-25-21)22-15-17-7-3-2-4-8-17/h2-10,16H,11-15H2,1H3,(H,22,24,25). The number of benzene rings is 2. The summed E-state index contributed by atoms with van der Waals surface area (Å²) in [4.78, 5) is 9.15. The van der Waals surface area contributed by atoms with Gasteiger partial charge >= 0.3 is 0 Å². The highest BCUT2D eigenvalue weighted by molar-refractivity contribution is 5.59. The molecule has 4 rings (SSSR count). The van der Waals surface area contributed by atoms with E-state index in [1.54, 1.807) is 13.3 Å². The van der Waals surface area contributed by atoms with E-state index in [2.05, 4.69) is 48.5 Å². The first-order valence-corrected chi connectivity index (χ1v) is 9.44. The van der Waals surface area contributed by atoms with Crippen LogP contribution in [0.3, 0.4) is 0 Å². The summed E-state index contributed by atoms with van der Waals surface area (Å²) in [5.41, 5.74) is 2.33. The Morgan fingerprint density at radius 2 is 1.64 bits per heavy atom. The van der Waals surface area contributed by atoms with Crippen molar-refractivity contribution in [3.63, 3.8) is 0 Å². The lowest BCUT2D eigenvalue weighted by molar-refractivity contribution is 0.413. The van der Waals surface area contributed by atoms with E-state index in [4.69, 9.17) is 4.74 Å². The molecule has 0 aliphatic carbocycles. The predicted octanol–water partition coefficient (Wildman–Crippen LogP) is 2.82. The van der Waals surface area contributed by atoms with Gasteiger partial charge in [0, 0.05) is 32.7 Å². The van der Waals surface area contributed by atoms with Gasteiger partial charge in [-0.1, -0.05) is 42.5 Å². The maximum Gasteiger partial charge on any atom is 0.247 e. The Bertz CT molecular complexity index is 896. The fourth-order valence-corrected chi connectivity index (χ4v) is 3.34. The SMILES string of the molecule is COc1ccccc1N1CCN(c2nncc(NCc3ccccc3)n2)CC1. The second-order valence-corrected chi connectivity index (χ2v) is 6.63. The fraction of sp³-hybridized carbons (Fsp3) is 0.286. The summed E-state index contributed by atoms with van der Waals surface area (Å²) in [5, 5.41) is 11.7. The van der Waals surface area contributed by atoms with E-state index in [0.29, 0.717) is 12.5 Å². The third-order valence-electron chi connectivity index (χ3n) is 4.85. The summed E-state index contributed by atoms with van der Waals surface area (Å²) >= 11 is 0. The van der Waals surface area contributed by atoms with E-state index in [1.165, 1.54) is 5.56 Å². The van der Waals surface area contributed by atoms with Gasteiger partial charge in [0.15, 0.2) is 5.82 Å². The van der Waals surface area contributed by atoms with Crippen LogP contribution in [0.4, 0.5) is 17.5 Å². The van der Waals surface area contributed by atoms with Gasteiger partial charge < -0.3 is 19.9 Å². The highest BCUT2D eigenvalue weighted by Gasteiger charge is 2.21. The fourth-order valence-electron chi connectivity index (χ4n) is 3.34. The number of anilines is 3. The Morgan fingerprint density at radius 1 is 0.929 bits per heavy atom. The molecule has 2 aromatic carbocycles. The Hall–Kier alpha value is -3.35. The number of aromatic nitrogens is 3. The van der Waals surface area contributed by atoms with Crippen LogP contribution in [0.5, 0.6) is 5.75 Å². The van der Waals surface area contributed by atoms with Crippen LogP contribution in [0.15, 0.2) is 60.8 Å². The first-order valence-electron chi connectivity index (χ1n) is 9.44. The number of methoxy groups -OCH3 is 1. The molecule has 7 heteroatoms. The zero-order valence-electron chi connectivity index (χ0n) is 16.0. The number of para-hydroxylation sites is 2. The Labute approximate surface area is 165 Å². The highest BCUT2D eigenvalue weighted by Crippen LogP contribution is 2.28. The lowest BCUT2D eigenvalue weighted by Crippen LogP contribution is -2.47. The molecule has 0 saturated carbocycles. The molecule has 7 nitrogen and oxygen atoms in total. The zero-order chi connectivity index (χ0) is 19.2. The van der Waals surface area contributed by atoms with Gasteiger partial charge in [-0.25, -0.2) is 0 Å². The number of hydrogen-bond donors (Lipinski definition) is 1. The maximum atomic E-state index is 5.49. The molecule has 0 spiro atoms. The van der Waals surface area contributed by atoms with Crippen LogP contribution in [-0.4, -0.2) is 48.5 Å². The summed E-state index contributed by atoms with van der Waals surface area (Å²) in [6.45, 7) is 4.14. The molecule has 1 aliphatic heterocycles. The molecule has 28 heavy (non-hydrogen) atoms. The van der Waals surface area contributed by atoms with E-state index in [-0.39, 0.29) is 0 Å². The van der Waals surface area contributed by atoms with Crippen molar-refractivity contribution in [2.24, 2.45) is 0 Å². The van der Waals surface area contributed by atoms with Gasteiger partial charge in [0.1, 0.15) is 5.75 Å². The first kappa shape index (κ1) is 18.0. The van der Waals surface area contributed by atoms with Crippen molar-refractivity contribution in [1.82, 2.24) is 15.2 Å². The van der Waals surface area contributed by atoms with Crippen LogP contribution in [0, 0.1) is 0 Å². The number of nitrogens with zero attached hydrogens (tertiary/aromatic N) is 5. The van der Waals surface area contributed by atoms with Crippen molar-refractivity contribution in [3.8, 4) is 5.75 Å². The summed E-state index contributed by atoms with van der Waals surface area (Å²) in [6.07, 6.45) is 1.66. The van der Waals surface area contributed by atoms with Gasteiger partial charge in [0.05, 0.1) is 19.0 Å². The van der Waals surface area contributed by atoms with Crippen LogP contribution >= 0.6 is 0 Å². The molecule has 1 aromatic heterocycles. The summed E-state index contributed by atoms with van der Waals surface area (Å²) in [5.74, 6) is 2.31. The Morgan fingerprint density at radius 3 is 2.43 bits per heavy atom. The molecular weight excluding hydrogens is 352 g/mol. The third kappa shape index (κ3) is 4.14. The average molecular weight is 376 g/mol. The molecule has 1 fully saturated rings. The molecule has 144 valence electrons. The number of rotatable bonds is 6. The van der Waals surface area contributed by atoms with Crippen molar-refractivity contribution in [3.05, 3.63) is 66.4 Å². The second-order valence-electron chi connectivity index (χ2n) is 6.63. The first-order chi connectivity index (χ1) is 13.8. The van der Waals surface area contributed by atoms with Gasteiger partial charge in [0.2, 0.25) is 5.95 Å². The topological polar surface area (TPSA) is 66.4 Å². The number of hydrogen-bond acceptors (Lipinski definition) is 7. The van der Waals surface area contributed by atoms with Gasteiger partial charge in [-0.15, -0.1) is 5.10 Å². The van der Waals surface area contributed by atoms with Crippen LogP contribution in [0.2, 0.25) is 0 Å². The van der Waals surface area contributed by atoms with Crippen LogP contribution < -0.4 is 19.9 Å². The second kappa shape index (κ2) is 8.56. The summed E-state index contributed by atoms with van der Waals surface area (Å²) in [6, 6.07) is 18.4. The molecule has 0 unspecified atom stereocenters. The van der Waals surface area contributed by atoms with Crippen molar-refractivity contribution in [1.29, 1.82) is 0 Å². The lowest BCUT2D eigenvalue weighted by Gasteiger charge is -2.36. The molecule has 1 N–H and O–H groups in total. The van der Waals surface area contributed by atoms with E-state index in [1.807, 2.05) is 36.4 Å². The average Bonchev–Trinajstić information content (AvgIpc) is 2.79. The van der Waals surface area contributed by atoms with E-state index >= 15 is 0 Å². The molecule has 0 bridgehead atoms. The Balaban J connectivity index is 1.38. The molecule has 1 saturated heterocycles. The highest BCUT2D eigenvalue weighted by atomic mass is 16.5. The van der Waals surface area contributed by atoms with Gasteiger partial charge in [-0.05, 0) is 17.7 Å². The molecule has 0 atom stereocenters. The van der Waals surface area contributed by atoms with Gasteiger partial charge in [-0.2, -0.15) is 10.1 Å². The van der Waals surface area contributed by atoms with Crippen molar-refractivity contribution in [2.45, 2.75) is 6.54 Å². The molecular formula is C21H24N6O. The van der Waals surface area contributed by atoms with E-state index in [0.717, 1.165) is 43.4 Å². The summed E-state index contributed by atoms with van der Waals surface area (Å²) in [7, 11) is 1.71. The smallest absolute Gasteiger partial charge is 0.247 e. The van der Waals surface area contributed by atoms with Crippen molar-refractivity contribution < 1.29 is 4.74 Å². The normalized spacial score (nSPS) is 14.0. The minimum atomic E-state index is 0.665. The van der Waals surface area contributed by atoms with E-state index in [9.17, 15) is 0 Å². The number of nitrogens with one attached hydrogen (secondary N) is 1. The van der Waals surface area contributed by atoms with Crippen molar-refractivity contribution >= 4 is 17.5 Å². The van der Waals surface area contributed by atoms with Gasteiger partial charge in [0.25, 0.3) is 0 Å². The molecule has 2 heterocycles. The van der Waals surface area contributed by atoms with Crippen LogP contribution in [0.1, 0.15) is 5.56 Å². The van der Waals surface area contributed by atoms with E-state index < -0.39 is 0 Å². The quantitative estimate of drug-likeness (QED) is 0.709. The lowest BCUT2D eigenvalue weighted by atomic mass is 10.2.